The fourth-order valence-electron chi connectivity index (χ4n) is 3.42. The Morgan fingerprint density at radius 2 is 2.04 bits per heavy atom. The average Bonchev–Trinajstić information content (AvgIpc) is 2.53. The smallest absolute Gasteiger partial charge is 0.243 e. The van der Waals surface area contributed by atoms with Gasteiger partial charge in [-0.1, -0.05) is 25.6 Å². The van der Waals surface area contributed by atoms with Gasteiger partial charge in [0, 0.05) is 30.9 Å². The Bertz CT molecular complexity index is 561. The van der Waals surface area contributed by atoms with Crippen LogP contribution in [0.1, 0.15) is 60.8 Å². The van der Waals surface area contributed by atoms with Crippen LogP contribution >= 0.6 is 24.0 Å². The van der Waals surface area contributed by atoms with E-state index in [0.717, 1.165) is 12.8 Å². The zero-order valence-electron chi connectivity index (χ0n) is 18.3. The molecule has 1 rings (SSSR count). The highest BCUT2D eigenvalue weighted by Crippen LogP contribution is 2.38. The van der Waals surface area contributed by atoms with Crippen LogP contribution < -0.4 is 5.32 Å². The van der Waals surface area contributed by atoms with E-state index < -0.39 is 6.04 Å². The molecule has 0 saturated carbocycles. The second-order valence-corrected chi connectivity index (χ2v) is 10.8. The zero-order chi connectivity index (χ0) is 21.5. The molecule has 0 aromatic rings. The standard InChI is InChI=1S/C20H36N2O4S2/c1-8-26-18(27)28-14-9-10-20(5,6)16(17(24)21-19(2,3)4)22(11-12-25-7)15(23)13-14/h14,16H,8-13H2,1-7H3,(H,21,24). The predicted molar refractivity (Wildman–Crippen MR) is 119 cm³/mol. The molecule has 0 spiro atoms. The van der Waals surface area contributed by atoms with Gasteiger partial charge in [0.2, 0.25) is 16.2 Å². The summed E-state index contributed by atoms with van der Waals surface area (Å²) in [4.78, 5) is 28.0. The number of methoxy groups -OCH3 is 1. The molecule has 2 unspecified atom stereocenters. The van der Waals surface area contributed by atoms with Crippen molar-refractivity contribution in [3.63, 3.8) is 0 Å². The Morgan fingerprint density at radius 3 is 2.57 bits per heavy atom. The number of nitrogens with zero attached hydrogens (tertiary/aromatic N) is 1. The van der Waals surface area contributed by atoms with Gasteiger partial charge in [-0.15, -0.1) is 0 Å². The molecule has 0 bridgehead atoms. The average molecular weight is 433 g/mol. The van der Waals surface area contributed by atoms with E-state index in [1.54, 1.807) is 12.0 Å². The highest BCUT2D eigenvalue weighted by Gasteiger charge is 2.44. The third-order valence-electron chi connectivity index (χ3n) is 4.69. The minimum Gasteiger partial charge on any atom is -0.479 e. The van der Waals surface area contributed by atoms with Crippen molar-refractivity contribution in [3.05, 3.63) is 0 Å². The molecule has 0 aromatic heterocycles. The van der Waals surface area contributed by atoms with Gasteiger partial charge < -0.3 is 19.7 Å². The number of nitrogens with one attached hydrogen (secondary N) is 1. The lowest BCUT2D eigenvalue weighted by Gasteiger charge is -2.44. The van der Waals surface area contributed by atoms with Crippen molar-refractivity contribution in [2.24, 2.45) is 5.41 Å². The van der Waals surface area contributed by atoms with Crippen molar-refractivity contribution in [1.82, 2.24) is 10.2 Å². The summed E-state index contributed by atoms with van der Waals surface area (Å²) in [6.07, 6.45) is 1.93. The van der Waals surface area contributed by atoms with E-state index in [0.29, 0.717) is 30.6 Å². The number of carbonyl (C=O) groups is 2. The summed E-state index contributed by atoms with van der Waals surface area (Å²) in [6, 6.07) is -0.542. The third kappa shape index (κ3) is 7.87. The Morgan fingerprint density at radius 1 is 1.39 bits per heavy atom. The number of hydrogen-bond acceptors (Lipinski definition) is 6. The second-order valence-electron chi connectivity index (χ2n) is 8.88. The lowest BCUT2D eigenvalue weighted by molar-refractivity contribution is -0.148. The summed E-state index contributed by atoms with van der Waals surface area (Å²) < 4.78 is 11.1. The van der Waals surface area contributed by atoms with Crippen molar-refractivity contribution in [3.8, 4) is 0 Å². The Kier molecular flexibility index (Phi) is 9.70. The monoisotopic (exact) mass is 432 g/mol. The molecule has 1 N–H and O–H groups in total. The fourth-order valence-corrected chi connectivity index (χ4v) is 4.86. The minimum absolute atomic E-state index is 0.0440. The first kappa shape index (κ1) is 25.2. The van der Waals surface area contributed by atoms with E-state index in [2.05, 4.69) is 19.2 Å². The van der Waals surface area contributed by atoms with Crippen LogP contribution in [0, 0.1) is 5.41 Å². The van der Waals surface area contributed by atoms with Gasteiger partial charge in [-0.2, -0.15) is 0 Å². The molecule has 162 valence electrons. The van der Waals surface area contributed by atoms with Gasteiger partial charge in [-0.05, 0) is 58.2 Å². The molecular weight excluding hydrogens is 396 g/mol. The first-order valence-electron chi connectivity index (χ1n) is 9.85. The number of ether oxygens (including phenoxy) is 2. The molecule has 28 heavy (non-hydrogen) atoms. The van der Waals surface area contributed by atoms with Crippen LogP contribution in [-0.4, -0.2) is 64.8 Å². The normalized spacial score (nSPS) is 23.0. The number of carbonyl (C=O) groups excluding carboxylic acids is 2. The second kappa shape index (κ2) is 10.8. The van der Waals surface area contributed by atoms with Gasteiger partial charge >= 0.3 is 0 Å². The molecule has 2 amide bonds. The van der Waals surface area contributed by atoms with Crippen LogP contribution in [0.5, 0.6) is 0 Å². The minimum atomic E-state index is -0.542. The van der Waals surface area contributed by atoms with Crippen LogP contribution in [-0.2, 0) is 19.1 Å². The fraction of sp³-hybridized carbons (Fsp3) is 0.850. The topological polar surface area (TPSA) is 67.9 Å². The lowest BCUT2D eigenvalue weighted by atomic mass is 9.76. The van der Waals surface area contributed by atoms with Gasteiger partial charge in [-0.3, -0.25) is 9.59 Å². The number of thioether (sulfide) groups is 1. The predicted octanol–water partition coefficient (Wildman–Crippen LogP) is 3.38. The van der Waals surface area contributed by atoms with E-state index in [4.69, 9.17) is 21.7 Å². The maximum absolute atomic E-state index is 13.2. The molecule has 1 fully saturated rings. The van der Waals surface area contributed by atoms with Crippen LogP contribution in [0.2, 0.25) is 0 Å². The molecule has 1 heterocycles. The number of hydrogen-bond donors (Lipinski definition) is 1. The van der Waals surface area contributed by atoms with Gasteiger partial charge in [0.1, 0.15) is 6.04 Å². The summed E-state index contributed by atoms with van der Waals surface area (Å²) >= 11 is 6.71. The quantitative estimate of drug-likeness (QED) is 0.649. The van der Waals surface area contributed by atoms with Crippen LogP contribution in [0.3, 0.4) is 0 Å². The molecule has 0 aromatic carbocycles. The van der Waals surface area contributed by atoms with Crippen molar-refractivity contribution < 1.29 is 19.1 Å². The molecular formula is C20H36N2O4S2. The molecule has 0 radical (unpaired) electrons. The summed E-state index contributed by atoms with van der Waals surface area (Å²) in [5.74, 6) is -0.159. The molecule has 6 nitrogen and oxygen atoms in total. The van der Waals surface area contributed by atoms with Crippen molar-refractivity contribution in [2.45, 2.75) is 77.6 Å². The van der Waals surface area contributed by atoms with Gasteiger partial charge in [0.25, 0.3) is 0 Å². The molecule has 0 aliphatic carbocycles. The van der Waals surface area contributed by atoms with E-state index in [9.17, 15) is 9.59 Å². The number of amides is 2. The molecule has 1 aliphatic rings. The first-order chi connectivity index (χ1) is 12.9. The summed E-state index contributed by atoms with van der Waals surface area (Å²) in [7, 11) is 1.60. The van der Waals surface area contributed by atoms with Crippen LogP contribution in [0.25, 0.3) is 0 Å². The van der Waals surface area contributed by atoms with Crippen molar-refractivity contribution in [2.75, 3.05) is 26.9 Å². The zero-order valence-corrected chi connectivity index (χ0v) is 19.9. The van der Waals surface area contributed by atoms with Gasteiger partial charge in [0.15, 0.2) is 0 Å². The maximum Gasteiger partial charge on any atom is 0.243 e. The van der Waals surface area contributed by atoms with E-state index in [1.165, 1.54) is 11.8 Å². The Labute approximate surface area is 179 Å². The van der Waals surface area contributed by atoms with Gasteiger partial charge in [-0.25, -0.2) is 0 Å². The third-order valence-corrected chi connectivity index (χ3v) is 6.15. The van der Waals surface area contributed by atoms with Gasteiger partial charge in [0.05, 0.1) is 13.2 Å². The van der Waals surface area contributed by atoms with E-state index in [-0.39, 0.29) is 28.0 Å². The highest BCUT2D eigenvalue weighted by molar-refractivity contribution is 8.23. The summed E-state index contributed by atoms with van der Waals surface area (Å²) in [5.41, 5.74) is -0.751. The SMILES string of the molecule is CCOC(=S)SC1CCC(C)(C)C(C(=O)NC(C)(C)C)N(CCOC)C(=O)C1. The van der Waals surface area contributed by atoms with Crippen molar-refractivity contribution >= 4 is 40.2 Å². The Balaban J connectivity index is 3.13. The number of thiocarbonyl (C=S) groups is 1. The highest BCUT2D eigenvalue weighted by atomic mass is 32.2. The van der Waals surface area contributed by atoms with Crippen LogP contribution in [0.4, 0.5) is 0 Å². The number of rotatable bonds is 6. The molecule has 2 atom stereocenters. The summed E-state index contributed by atoms with van der Waals surface area (Å²) in [6.45, 7) is 13.1. The molecule has 1 aliphatic heterocycles. The largest absolute Gasteiger partial charge is 0.479 e. The van der Waals surface area contributed by atoms with Crippen molar-refractivity contribution in [1.29, 1.82) is 0 Å². The number of likely N-dealkylation sites (tertiary alicyclic amines) is 1. The summed E-state index contributed by atoms with van der Waals surface area (Å²) in [5, 5.41) is 3.10. The first-order valence-corrected chi connectivity index (χ1v) is 11.1. The Hall–Kier alpha value is -0.860. The van der Waals surface area contributed by atoms with E-state index >= 15 is 0 Å². The lowest BCUT2D eigenvalue weighted by Crippen LogP contribution is -2.60. The van der Waals surface area contributed by atoms with E-state index in [1.807, 2.05) is 27.7 Å². The molecule has 8 heteroatoms. The maximum atomic E-state index is 13.2. The molecule has 1 saturated heterocycles. The van der Waals surface area contributed by atoms with Crippen LogP contribution in [0.15, 0.2) is 0 Å².